The zero-order chi connectivity index (χ0) is 21.8. The number of benzene rings is 1. The third-order valence-corrected chi connectivity index (χ3v) is 6.27. The number of ether oxygens (including phenoxy) is 1. The molecule has 3 heterocycles. The van der Waals surface area contributed by atoms with Crippen LogP contribution in [0.4, 0.5) is 0 Å². The smallest absolute Gasteiger partial charge is 0.276 e. The van der Waals surface area contributed by atoms with Crippen LogP contribution in [0.2, 0.25) is 0 Å². The van der Waals surface area contributed by atoms with Crippen LogP contribution in [-0.4, -0.2) is 84.6 Å². The Bertz CT molecular complexity index is 920. The van der Waals surface area contributed by atoms with Gasteiger partial charge in [0.2, 0.25) is 5.91 Å². The quantitative estimate of drug-likeness (QED) is 0.730. The molecule has 8 heteroatoms. The average Bonchev–Trinajstić information content (AvgIpc) is 3.33. The third-order valence-electron chi connectivity index (χ3n) is 6.27. The van der Waals surface area contributed by atoms with Crippen molar-refractivity contribution in [2.75, 3.05) is 52.9 Å². The van der Waals surface area contributed by atoms with Crippen molar-refractivity contribution in [2.45, 2.75) is 19.8 Å². The number of methoxy groups -OCH3 is 1. The second-order valence-electron chi connectivity index (χ2n) is 8.16. The van der Waals surface area contributed by atoms with Crippen LogP contribution < -0.4 is 4.74 Å². The first-order valence-corrected chi connectivity index (χ1v) is 11.0. The molecule has 8 nitrogen and oxygen atoms in total. The van der Waals surface area contributed by atoms with Crippen molar-refractivity contribution in [1.82, 2.24) is 19.9 Å². The summed E-state index contributed by atoms with van der Waals surface area (Å²) in [5.41, 5.74) is 1.06. The van der Waals surface area contributed by atoms with Crippen LogP contribution in [0.15, 0.2) is 34.9 Å². The highest BCUT2D eigenvalue weighted by molar-refractivity contribution is 5.93. The summed E-state index contributed by atoms with van der Waals surface area (Å²) in [5, 5.41) is 3.99. The molecule has 1 unspecified atom stereocenters. The Labute approximate surface area is 182 Å². The molecule has 0 bridgehead atoms. The van der Waals surface area contributed by atoms with E-state index in [0.29, 0.717) is 24.6 Å². The Hall–Kier alpha value is -2.87. The fraction of sp³-hybridized carbons (Fsp3) is 0.522. The highest BCUT2D eigenvalue weighted by Crippen LogP contribution is 2.26. The predicted octanol–water partition coefficient (Wildman–Crippen LogP) is 2.37. The SMILES string of the molecule is CCN1CCN(C(=O)C2CCCN(C(=O)c3cc(-c4cccc(OC)c4)on3)C2)CC1. The Kier molecular flexibility index (Phi) is 6.56. The van der Waals surface area contributed by atoms with Gasteiger partial charge in [0.1, 0.15) is 5.75 Å². The molecule has 1 aromatic heterocycles. The molecule has 1 aromatic carbocycles. The lowest BCUT2D eigenvalue weighted by Crippen LogP contribution is -2.53. The van der Waals surface area contributed by atoms with Gasteiger partial charge in [-0.3, -0.25) is 9.59 Å². The number of hydrogen-bond acceptors (Lipinski definition) is 6. The number of piperazine rings is 1. The van der Waals surface area contributed by atoms with Crippen LogP contribution >= 0.6 is 0 Å². The first-order valence-electron chi connectivity index (χ1n) is 11.0. The van der Waals surface area contributed by atoms with Gasteiger partial charge in [0.15, 0.2) is 11.5 Å². The van der Waals surface area contributed by atoms with Crippen LogP contribution in [0.3, 0.4) is 0 Å². The third kappa shape index (κ3) is 4.74. The lowest BCUT2D eigenvalue weighted by atomic mass is 9.96. The minimum atomic E-state index is -0.189. The number of rotatable bonds is 5. The molecule has 2 amide bonds. The number of amides is 2. The summed E-state index contributed by atoms with van der Waals surface area (Å²) < 4.78 is 10.7. The molecule has 2 fully saturated rings. The van der Waals surface area contributed by atoms with Crippen molar-refractivity contribution in [3.8, 4) is 17.1 Å². The fourth-order valence-electron chi connectivity index (χ4n) is 4.36. The first kappa shape index (κ1) is 21.4. The summed E-state index contributed by atoms with van der Waals surface area (Å²) in [7, 11) is 1.60. The molecule has 0 aliphatic carbocycles. The number of carbonyl (C=O) groups excluding carboxylic acids is 2. The van der Waals surface area contributed by atoms with Gasteiger partial charge < -0.3 is 24.0 Å². The molecule has 166 valence electrons. The van der Waals surface area contributed by atoms with E-state index in [-0.39, 0.29) is 23.4 Å². The van der Waals surface area contributed by atoms with Gasteiger partial charge in [-0.2, -0.15) is 0 Å². The zero-order valence-corrected chi connectivity index (χ0v) is 18.2. The van der Waals surface area contributed by atoms with Crippen LogP contribution in [0.25, 0.3) is 11.3 Å². The highest BCUT2D eigenvalue weighted by Gasteiger charge is 2.33. The van der Waals surface area contributed by atoms with Gasteiger partial charge in [-0.25, -0.2) is 0 Å². The maximum atomic E-state index is 13.0. The number of nitrogens with zero attached hydrogens (tertiary/aromatic N) is 4. The highest BCUT2D eigenvalue weighted by atomic mass is 16.5. The topological polar surface area (TPSA) is 79.1 Å². The molecule has 2 aliphatic heterocycles. The summed E-state index contributed by atoms with van der Waals surface area (Å²) in [5.74, 6) is 1.06. The van der Waals surface area contributed by atoms with E-state index in [1.54, 1.807) is 18.1 Å². The minimum absolute atomic E-state index is 0.143. The van der Waals surface area contributed by atoms with Gasteiger partial charge in [-0.15, -0.1) is 0 Å². The van der Waals surface area contributed by atoms with Crippen molar-refractivity contribution in [2.24, 2.45) is 5.92 Å². The van der Waals surface area contributed by atoms with E-state index in [9.17, 15) is 9.59 Å². The van der Waals surface area contributed by atoms with Gasteiger partial charge in [0.25, 0.3) is 5.91 Å². The molecule has 2 aliphatic rings. The molecule has 0 radical (unpaired) electrons. The van der Waals surface area contributed by atoms with Gasteiger partial charge in [0, 0.05) is 50.9 Å². The Morgan fingerprint density at radius 2 is 1.94 bits per heavy atom. The number of likely N-dealkylation sites (N-methyl/N-ethyl adjacent to an activating group) is 1. The van der Waals surface area contributed by atoms with Crippen molar-refractivity contribution in [3.05, 3.63) is 36.0 Å². The Balaban J connectivity index is 1.40. The molecule has 0 N–H and O–H groups in total. The molecule has 2 aromatic rings. The summed E-state index contributed by atoms with van der Waals surface area (Å²) in [6.07, 6.45) is 1.64. The van der Waals surface area contributed by atoms with Crippen LogP contribution in [-0.2, 0) is 4.79 Å². The van der Waals surface area contributed by atoms with Crippen molar-refractivity contribution in [1.29, 1.82) is 0 Å². The van der Waals surface area contributed by atoms with E-state index in [2.05, 4.69) is 17.0 Å². The van der Waals surface area contributed by atoms with Crippen LogP contribution in [0.5, 0.6) is 5.75 Å². The summed E-state index contributed by atoms with van der Waals surface area (Å²) in [6.45, 7) is 7.61. The van der Waals surface area contributed by atoms with Gasteiger partial charge >= 0.3 is 0 Å². The number of piperidine rings is 1. The maximum absolute atomic E-state index is 13.0. The molecule has 2 saturated heterocycles. The van der Waals surface area contributed by atoms with Crippen LogP contribution in [0, 0.1) is 5.92 Å². The van der Waals surface area contributed by atoms with E-state index in [0.717, 1.165) is 51.1 Å². The summed E-state index contributed by atoms with van der Waals surface area (Å²) in [4.78, 5) is 32.1. The van der Waals surface area contributed by atoms with Gasteiger partial charge in [-0.1, -0.05) is 24.2 Å². The van der Waals surface area contributed by atoms with E-state index in [1.165, 1.54) is 0 Å². The lowest BCUT2D eigenvalue weighted by molar-refractivity contribution is -0.138. The molecule has 4 rings (SSSR count). The van der Waals surface area contributed by atoms with Crippen molar-refractivity contribution < 1.29 is 18.8 Å². The number of carbonyl (C=O) groups is 2. The number of likely N-dealkylation sites (tertiary alicyclic amines) is 1. The fourth-order valence-corrected chi connectivity index (χ4v) is 4.36. The van der Waals surface area contributed by atoms with E-state index in [4.69, 9.17) is 9.26 Å². The standard InChI is InChI=1S/C23H30N4O4/c1-3-25-10-12-26(13-11-25)22(28)18-7-5-9-27(16-18)23(29)20-15-21(31-24-20)17-6-4-8-19(14-17)30-2/h4,6,8,14-15,18H,3,5,7,9-13,16H2,1-2H3. The first-order chi connectivity index (χ1) is 15.1. The largest absolute Gasteiger partial charge is 0.497 e. The average molecular weight is 427 g/mol. The van der Waals surface area contributed by atoms with E-state index in [1.807, 2.05) is 29.2 Å². The normalized spacial score (nSPS) is 20.0. The molecular weight excluding hydrogens is 396 g/mol. The van der Waals surface area contributed by atoms with E-state index >= 15 is 0 Å². The molecule has 1 atom stereocenters. The Morgan fingerprint density at radius 1 is 1.13 bits per heavy atom. The maximum Gasteiger partial charge on any atom is 0.276 e. The summed E-state index contributed by atoms with van der Waals surface area (Å²) in [6, 6.07) is 9.08. The number of hydrogen-bond donors (Lipinski definition) is 0. The second-order valence-corrected chi connectivity index (χ2v) is 8.16. The van der Waals surface area contributed by atoms with E-state index < -0.39 is 0 Å². The predicted molar refractivity (Wildman–Crippen MR) is 116 cm³/mol. The second kappa shape index (κ2) is 9.51. The Morgan fingerprint density at radius 3 is 2.68 bits per heavy atom. The summed E-state index contributed by atoms with van der Waals surface area (Å²) >= 11 is 0. The van der Waals surface area contributed by atoms with Gasteiger partial charge in [0.05, 0.1) is 13.0 Å². The van der Waals surface area contributed by atoms with Crippen molar-refractivity contribution in [3.63, 3.8) is 0 Å². The monoisotopic (exact) mass is 426 g/mol. The molecule has 0 spiro atoms. The molecule has 0 saturated carbocycles. The lowest BCUT2D eigenvalue weighted by Gasteiger charge is -2.38. The zero-order valence-electron chi connectivity index (χ0n) is 18.2. The number of aromatic nitrogens is 1. The van der Waals surface area contributed by atoms with Crippen LogP contribution in [0.1, 0.15) is 30.3 Å². The van der Waals surface area contributed by atoms with Gasteiger partial charge in [-0.05, 0) is 31.5 Å². The molecular formula is C23H30N4O4. The minimum Gasteiger partial charge on any atom is -0.497 e. The van der Waals surface area contributed by atoms with Crippen molar-refractivity contribution >= 4 is 11.8 Å². The molecule has 31 heavy (non-hydrogen) atoms.